The number of carbonyl (C=O) groups is 1. The van der Waals surface area contributed by atoms with Crippen molar-refractivity contribution in [2.24, 2.45) is 0 Å². The van der Waals surface area contributed by atoms with Crippen LogP contribution in [-0.2, 0) is 6.54 Å². The van der Waals surface area contributed by atoms with E-state index >= 15 is 0 Å². The van der Waals surface area contributed by atoms with Crippen molar-refractivity contribution in [1.82, 2.24) is 15.1 Å². The summed E-state index contributed by atoms with van der Waals surface area (Å²) in [6, 6.07) is 24.7. The van der Waals surface area contributed by atoms with Crippen molar-refractivity contribution in [3.63, 3.8) is 0 Å². The second-order valence-electron chi connectivity index (χ2n) is 8.11. The smallest absolute Gasteiger partial charge is 0.255 e. The molecule has 2 N–H and O–H groups in total. The van der Waals surface area contributed by atoms with Crippen LogP contribution in [-0.4, -0.2) is 54.3 Å². The van der Waals surface area contributed by atoms with Crippen molar-refractivity contribution >= 4 is 5.91 Å². The highest BCUT2D eigenvalue weighted by Gasteiger charge is 2.20. The fourth-order valence-electron chi connectivity index (χ4n) is 3.75. The summed E-state index contributed by atoms with van der Waals surface area (Å²) in [5.74, 6) is 1.04. The first-order chi connectivity index (χ1) is 17.6. The fraction of sp³-hybridized carbons (Fsp3) is 0.214. The van der Waals surface area contributed by atoms with Gasteiger partial charge in [-0.1, -0.05) is 66.7 Å². The van der Waals surface area contributed by atoms with Gasteiger partial charge in [0.05, 0.1) is 26.3 Å². The molecule has 4 rings (SSSR count). The SMILES string of the molecule is COc1cccc(OC)c1OCC(O)CNC(=O)c1cn(Cc2ccccc2)nc1-c1ccccc1. The Kier molecular flexibility index (Phi) is 8.20. The molecule has 0 bridgehead atoms. The summed E-state index contributed by atoms with van der Waals surface area (Å²) in [5, 5.41) is 18.0. The number of ether oxygens (including phenoxy) is 3. The van der Waals surface area contributed by atoms with E-state index in [0.29, 0.717) is 35.1 Å². The van der Waals surface area contributed by atoms with Crippen molar-refractivity contribution in [3.8, 4) is 28.5 Å². The number of aliphatic hydroxyl groups excluding tert-OH is 1. The second-order valence-corrected chi connectivity index (χ2v) is 8.11. The van der Waals surface area contributed by atoms with Crippen LogP contribution in [0.25, 0.3) is 11.3 Å². The van der Waals surface area contributed by atoms with E-state index in [1.54, 1.807) is 29.1 Å². The Morgan fingerprint density at radius 3 is 2.22 bits per heavy atom. The highest BCUT2D eigenvalue weighted by Crippen LogP contribution is 2.36. The first kappa shape index (κ1) is 24.8. The number of nitrogens with zero attached hydrogens (tertiary/aromatic N) is 2. The molecular weight excluding hydrogens is 458 g/mol. The molecule has 0 saturated heterocycles. The topological polar surface area (TPSA) is 94.8 Å². The third-order valence-corrected chi connectivity index (χ3v) is 5.54. The van der Waals surface area contributed by atoms with Gasteiger partial charge in [-0.2, -0.15) is 5.10 Å². The standard InChI is InChI=1S/C28H29N3O5/c1-34-24-14-9-15-25(35-2)27(24)36-19-22(32)16-29-28(33)23-18-31(17-20-10-5-3-6-11-20)30-26(23)21-12-7-4-8-13-21/h3-15,18,22,32H,16-17,19H2,1-2H3,(H,29,33). The van der Waals surface area contributed by atoms with Gasteiger partial charge in [-0.15, -0.1) is 0 Å². The second kappa shape index (κ2) is 11.9. The summed E-state index contributed by atoms with van der Waals surface area (Å²) >= 11 is 0. The average molecular weight is 488 g/mol. The number of methoxy groups -OCH3 is 2. The molecule has 1 amide bonds. The van der Waals surface area contributed by atoms with Crippen molar-refractivity contribution < 1.29 is 24.1 Å². The van der Waals surface area contributed by atoms with Gasteiger partial charge < -0.3 is 24.6 Å². The van der Waals surface area contributed by atoms with E-state index in [0.717, 1.165) is 11.1 Å². The van der Waals surface area contributed by atoms with Crippen molar-refractivity contribution in [2.75, 3.05) is 27.4 Å². The van der Waals surface area contributed by atoms with E-state index in [1.807, 2.05) is 60.7 Å². The lowest BCUT2D eigenvalue weighted by Gasteiger charge is -2.17. The third kappa shape index (κ3) is 6.03. The van der Waals surface area contributed by atoms with Crippen LogP contribution in [0.5, 0.6) is 17.2 Å². The van der Waals surface area contributed by atoms with Crippen LogP contribution in [0.1, 0.15) is 15.9 Å². The van der Waals surface area contributed by atoms with Crippen LogP contribution in [0.2, 0.25) is 0 Å². The number of para-hydroxylation sites is 1. The lowest BCUT2D eigenvalue weighted by molar-refractivity contribution is 0.0834. The minimum absolute atomic E-state index is 0.00556. The van der Waals surface area contributed by atoms with E-state index in [2.05, 4.69) is 10.4 Å². The summed E-state index contributed by atoms with van der Waals surface area (Å²) in [4.78, 5) is 13.1. The molecule has 186 valence electrons. The molecule has 1 heterocycles. The van der Waals surface area contributed by atoms with Crippen LogP contribution in [0.3, 0.4) is 0 Å². The first-order valence-corrected chi connectivity index (χ1v) is 11.6. The van der Waals surface area contributed by atoms with Gasteiger partial charge in [0.25, 0.3) is 5.91 Å². The molecular formula is C28H29N3O5. The molecule has 1 aromatic heterocycles. The lowest BCUT2D eigenvalue weighted by atomic mass is 10.1. The Labute approximate surface area is 210 Å². The van der Waals surface area contributed by atoms with Gasteiger partial charge in [-0.3, -0.25) is 9.48 Å². The summed E-state index contributed by atoms with van der Waals surface area (Å²) < 4.78 is 18.1. The molecule has 8 nitrogen and oxygen atoms in total. The first-order valence-electron chi connectivity index (χ1n) is 11.6. The highest BCUT2D eigenvalue weighted by molar-refractivity contribution is 5.99. The minimum Gasteiger partial charge on any atom is -0.493 e. The Morgan fingerprint density at radius 1 is 0.944 bits per heavy atom. The Hall–Kier alpha value is -4.30. The predicted molar refractivity (Wildman–Crippen MR) is 137 cm³/mol. The zero-order valence-electron chi connectivity index (χ0n) is 20.3. The summed E-state index contributed by atoms with van der Waals surface area (Å²) in [5.41, 5.74) is 2.91. The van der Waals surface area contributed by atoms with Crippen molar-refractivity contribution in [3.05, 3.63) is 96.2 Å². The summed E-state index contributed by atoms with van der Waals surface area (Å²) in [7, 11) is 3.06. The van der Waals surface area contributed by atoms with E-state index in [1.165, 1.54) is 14.2 Å². The number of nitrogens with one attached hydrogen (secondary N) is 1. The lowest BCUT2D eigenvalue weighted by Crippen LogP contribution is -2.35. The van der Waals surface area contributed by atoms with Crippen LogP contribution in [0, 0.1) is 0 Å². The number of carbonyl (C=O) groups excluding carboxylic acids is 1. The van der Waals surface area contributed by atoms with Crippen molar-refractivity contribution in [2.45, 2.75) is 12.6 Å². The highest BCUT2D eigenvalue weighted by atomic mass is 16.5. The monoisotopic (exact) mass is 487 g/mol. The molecule has 0 radical (unpaired) electrons. The third-order valence-electron chi connectivity index (χ3n) is 5.54. The van der Waals surface area contributed by atoms with Gasteiger partial charge in [0, 0.05) is 18.3 Å². The van der Waals surface area contributed by atoms with Gasteiger partial charge in [0.1, 0.15) is 18.4 Å². The Bertz CT molecular complexity index is 1250. The number of aliphatic hydroxyl groups is 1. The number of aromatic nitrogens is 2. The molecule has 0 spiro atoms. The Balaban J connectivity index is 1.44. The molecule has 8 heteroatoms. The van der Waals surface area contributed by atoms with Gasteiger partial charge in [-0.05, 0) is 17.7 Å². The zero-order chi connectivity index (χ0) is 25.3. The number of hydrogen-bond acceptors (Lipinski definition) is 6. The summed E-state index contributed by atoms with van der Waals surface area (Å²) in [6.07, 6.45) is 0.774. The van der Waals surface area contributed by atoms with Crippen LogP contribution >= 0.6 is 0 Å². The fourth-order valence-corrected chi connectivity index (χ4v) is 3.75. The molecule has 0 aliphatic heterocycles. The van der Waals surface area contributed by atoms with Crippen LogP contribution in [0.4, 0.5) is 0 Å². The number of benzene rings is 3. The molecule has 4 aromatic rings. The molecule has 36 heavy (non-hydrogen) atoms. The molecule has 1 unspecified atom stereocenters. The molecule has 0 aliphatic carbocycles. The van der Waals surface area contributed by atoms with E-state index in [4.69, 9.17) is 14.2 Å². The maximum atomic E-state index is 13.1. The molecule has 1 atom stereocenters. The number of hydrogen-bond donors (Lipinski definition) is 2. The van der Waals surface area contributed by atoms with Crippen LogP contribution < -0.4 is 19.5 Å². The quantitative estimate of drug-likeness (QED) is 0.334. The summed E-state index contributed by atoms with van der Waals surface area (Å²) in [6.45, 7) is 0.468. The maximum absolute atomic E-state index is 13.1. The van der Waals surface area contributed by atoms with Gasteiger partial charge in [0.2, 0.25) is 5.75 Å². The largest absolute Gasteiger partial charge is 0.493 e. The minimum atomic E-state index is -0.955. The normalized spacial score (nSPS) is 11.5. The van der Waals surface area contributed by atoms with E-state index in [9.17, 15) is 9.90 Å². The van der Waals surface area contributed by atoms with E-state index < -0.39 is 6.10 Å². The molecule has 0 fully saturated rings. The van der Waals surface area contributed by atoms with E-state index in [-0.39, 0.29) is 19.1 Å². The number of amides is 1. The van der Waals surface area contributed by atoms with Gasteiger partial charge in [-0.25, -0.2) is 0 Å². The predicted octanol–water partition coefficient (Wildman–Crippen LogP) is 3.79. The number of rotatable bonds is 11. The zero-order valence-corrected chi connectivity index (χ0v) is 20.3. The van der Waals surface area contributed by atoms with Crippen molar-refractivity contribution in [1.29, 1.82) is 0 Å². The molecule has 0 aliphatic rings. The maximum Gasteiger partial charge on any atom is 0.255 e. The average Bonchev–Trinajstić information content (AvgIpc) is 3.35. The Morgan fingerprint density at radius 2 is 1.58 bits per heavy atom. The van der Waals surface area contributed by atoms with Gasteiger partial charge >= 0.3 is 0 Å². The molecule has 0 saturated carbocycles. The van der Waals surface area contributed by atoms with Crippen LogP contribution in [0.15, 0.2) is 85.1 Å². The molecule has 3 aromatic carbocycles. The van der Waals surface area contributed by atoms with Gasteiger partial charge in [0.15, 0.2) is 11.5 Å².